The number of imide groups is 2. The van der Waals surface area contributed by atoms with E-state index in [1.165, 1.54) is 24.3 Å². The maximum Gasteiger partial charge on any atom is 0.335 e. The number of urea groups is 1. The topological polar surface area (TPSA) is 84.9 Å². The quantitative estimate of drug-likeness (QED) is 0.502. The van der Waals surface area contributed by atoms with Gasteiger partial charge in [0.1, 0.15) is 11.4 Å². The monoisotopic (exact) mass is 476 g/mol. The molecule has 1 saturated heterocycles. The Morgan fingerprint density at radius 2 is 1.73 bits per heavy atom. The molecule has 0 radical (unpaired) electrons. The van der Waals surface area contributed by atoms with Crippen LogP contribution in [0.2, 0.25) is 0 Å². The van der Waals surface area contributed by atoms with Gasteiger partial charge in [-0.3, -0.25) is 14.9 Å². The van der Waals surface area contributed by atoms with E-state index in [-0.39, 0.29) is 11.3 Å². The second-order valence-corrected chi connectivity index (χ2v) is 6.98. The molecule has 30 heavy (non-hydrogen) atoms. The van der Waals surface area contributed by atoms with Crippen molar-refractivity contribution in [3.63, 3.8) is 0 Å². The first-order chi connectivity index (χ1) is 14.3. The second-order valence-electron chi connectivity index (χ2n) is 6.12. The highest BCUT2D eigenvalue weighted by Gasteiger charge is 2.37. The first-order valence-corrected chi connectivity index (χ1v) is 9.91. The summed E-state index contributed by atoms with van der Waals surface area (Å²) in [4.78, 5) is 38.2. The number of carbonyl (C=O) groups is 3. The molecule has 2 aromatic rings. The van der Waals surface area contributed by atoms with E-state index < -0.39 is 23.7 Å². The van der Waals surface area contributed by atoms with Crippen LogP contribution in [0.4, 0.5) is 14.9 Å². The molecule has 1 aliphatic rings. The third kappa shape index (κ3) is 4.35. The molecule has 1 fully saturated rings. The second kappa shape index (κ2) is 9.08. The normalized spacial score (nSPS) is 15.4. The van der Waals surface area contributed by atoms with Gasteiger partial charge in [0.05, 0.1) is 18.9 Å². The van der Waals surface area contributed by atoms with Crippen LogP contribution < -0.4 is 19.7 Å². The van der Waals surface area contributed by atoms with Crippen LogP contribution in [0.3, 0.4) is 0 Å². The number of benzene rings is 2. The fourth-order valence-corrected chi connectivity index (χ4v) is 3.30. The molecule has 2 aromatic carbocycles. The summed E-state index contributed by atoms with van der Waals surface area (Å²) in [5.41, 5.74) is 0.191. The Hall–Kier alpha value is -3.20. The molecule has 0 unspecified atom stereocenters. The summed E-state index contributed by atoms with van der Waals surface area (Å²) in [7, 11) is 0. The number of carbonyl (C=O) groups excluding carboxylic acids is 3. The molecular weight excluding hydrogens is 459 g/mol. The zero-order chi connectivity index (χ0) is 21.8. The van der Waals surface area contributed by atoms with Crippen molar-refractivity contribution in [2.75, 3.05) is 18.1 Å². The highest BCUT2D eigenvalue weighted by atomic mass is 79.9. The summed E-state index contributed by atoms with van der Waals surface area (Å²) in [5, 5.41) is 2.10. The predicted molar refractivity (Wildman–Crippen MR) is 112 cm³/mol. The first-order valence-electron chi connectivity index (χ1n) is 9.11. The number of barbiturate groups is 1. The van der Waals surface area contributed by atoms with Crippen LogP contribution >= 0.6 is 15.9 Å². The van der Waals surface area contributed by atoms with Gasteiger partial charge < -0.3 is 9.47 Å². The van der Waals surface area contributed by atoms with Gasteiger partial charge in [-0.2, -0.15) is 0 Å². The first kappa shape index (κ1) is 21.5. The Balaban J connectivity index is 2.05. The number of anilines is 1. The lowest BCUT2D eigenvalue weighted by atomic mass is 10.1. The van der Waals surface area contributed by atoms with Gasteiger partial charge >= 0.3 is 6.03 Å². The van der Waals surface area contributed by atoms with Gasteiger partial charge in [-0.05, 0) is 55.8 Å². The van der Waals surface area contributed by atoms with E-state index >= 15 is 0 Å². The van der Waals surface area contributed by atoms with Gasteiger partial charge in [-0.1, -0.05) is 22.0 Å². The number of nitrogens with zero attached hydrogens (tertiary/aromatic N) is 1. The molecule has 0 aliphatic carbocycles. The van der Waals surface area contributed by atoms with Crippen molar-refractivity contribution in [1.29, 1.82) is 0 Å². The lowest BCUT2D eigenvalue weighted by Crippen LogP contribution is -2.54. The molecule has 1 N–H and O–H groups in total. The average Bonchev–Trinajstić information content (AvgIpc) is 2.68. The number of nitrogens with one attached hydrogen (secondary N) is 1. The zero-order valence-corrected chi connectivity index (χ0v) is 17.8. The lowest BCUT2D eigenvalue weighted by molar-refractivity contribution is -0.122. The molecule has 0 spiro atoms. The third-order valence-electron chi connectivity index (χ3n) is 4.13. The van der Waals surface area contributed by atoms with Crippen LogP contribution in [-0.4, -0.2) is 31.1 Å². The van der Waals surface area contributed by atoms with E-state index in [9.17, 15) is 18.8 Å². The van der Waals surface area contributed by atoms with Crippen molar-refractivity contribution < 1.29 is 28.2 Å². The molecule has 0 atom stereocenters. The van der Waals surface area contributed by atoms with Gasteiger partial charge in [0.2, 0.25) is 0 Å². The summed E-state index contributed by atoms with van der Waals surface area (Å²) in [5.74, 6) is -1.39. The summed E-state index contributed by atoms with van der Waals surface area (Å²) in [6.45, 7) is 4.47. The van der Waals surface area contributed by atoms with Gasteiger partial charge in [0, 0.05) is 4.47 Å². The van der Waals surface area contributed by atoms with Crippen LogP contribution in [0.15, 0.2) is 46.4 Å². The summed E-state index contributed by atoms with van der Waals surface area (Å²) in [6.07, 6.45) is 1.33. The van der Waals surface area contributed by atoms with Gasteiger partial charge in [0.25, 0.3) is 11.8 Å². The number of rotatable bonds is 6. The maximum absolute atomic E-state index is 13.6. The van der Waals surface area contributed by atoms with E-state index in [4.69, 9.17) is 9.47 Å². The Bertz CT molecular complexity index is 1050. The largest absolute Gasteiger partial charge is 0.490 e. The fraction of sp³-hybridized carbons (Fsp3) is 0.190. The number of amides is 4. The Morgan fingerprint density at radius 1 is 1.07 bits per heavy atom. The van der Waals surface area contributed by atoms with Gasteiger partial charge in [-0.15, -0.1) is 0 Å². The van der Waals surface area contributed by atoms with Crippen LogP contribution in [0.25, 0.3) is 6.08 Å². The number of hydrogen-bond donors (Lipinski definition) is 1. The fourth-order valence-electron chi connectivity index (χ4n) is 2.86. The molecule has 1 heterocycles. The minimum Gasteiger partial charge on any atom is -0.490 e. The Labute approximate surface area is 180 Å². The molecule has 0 saturated carbocycles. The minimum absolute atomic E-state index is 0.0108. The van der Waals surface area contributed by atoms with E-state index in [1.807, 2.05) is 13.8 Å². The minimum atomic E-state index is -0.950. The maximum atomic E-state index is 13.6. The number of hydrogen-bond acceptors (Lipinski definition) is 5. The van der Waals surface area contributed by atoms with Crippen molar-refractivity contribution in [2.45, 2.75) is 13.8 Å². The number of ether oxygens (including phenoxy) is 2. The molecule has 7 nitrogen and oxygen atoms in total. The predicted octanol–water partition coefficient (Wildman–Crippen LogP) is 4.05. The molecule has 4 amide bonds. The zero-order valence-electron chi connectivity index (χ0n) is 16.2. The lowest BCUT2D eigenvalue weighted by Gasteiger charge is -2.26. The molecule has 156 valence electrons. The standard InChI is InChI=1S/C21H18BrFN2O5/c1-3-29-17-9-12(16(22)11-18(17)30-4-2)8-15-19(26)24-21(28)25(20(15)27)14-7-5-6-13(23)10-14/h5-11H,3-4H2,1-2H3,(H,24,26,28)/b15-8+. The van der Waals surface area contributed by atoms with Gasteiger partial charge in [0.15, 0.2) is 11.5 Å². The average molecular weight is 477 g/mol. The van der Waals surface area contributed by atoms with Crippen molar-refractivity contribution in [1.82, 2.24) is 5.32 Å². The molecule has 0 aromatic heterocycles. The van der Waals surface area contributed by atoms with Crippen molar-refractivity contribution >= 4 is 45.5 Å². The van der Waals surface area contributed by atoms with Crippen LogP contribution in [-0.2, 0) is 9.59 Å². The molecule has 1 aliphatic heterocycles. The van der Waals surface area contributed by atoms with E-state index in [1.54, 1.807) is 12.1 Å². The van der Waals surface area contributed by atoms with E-state index in [2.05, 4.69) is 21.2 Å². The molecule has 3 rings (SSSR count). The summed E-state index contributed by atoms with van der Waals surface area (Å²) < 4.78 is 25.3. The van der Waals surface area contributed by atoms with Crippen molar-refractivity contribution in [2.24, 2.45) is 0 Å². The smallest absolute Gasteiger partial charge is 0.335 e. The summed E-state index contributed by atoms with van der Waals surface area (Å²) >= 11 is 3.40. The van der Waals surface area contributed by atoms with E-state index in [0.29, 0.717) is 39.6 Å². The van der Waals surface area contributed by atoms with E-state index in [0.717, 1.165) is 6.07 Å². The van der Waals surface area contributed by atoms with Crippen LogP contribution in [0.1, 0.15) is 19.4 Å². The highest BCUT2D eigenvalue weighted by molar-refractivity contribution is 9.10. The van der Waals surface area contributed by atoms with Crippen molar-refractivity contribution in [3.8, 4) is 11.5 Å². The number of halogens is 2. The third-order valence-corrected chi connectivity index (χ3v) is 4.82. The Morgan fingerprint density at radius 3 is 2.37 bits per heavy atom. The summed E-state index contributed by atoms with van der Waals surface area (Å²) in [6, 6.07) is 7.32. The molecule has 0 bridgehead atoms. The Kier molecular flexibility index (Phi) is 6.51. The van der Waals surface area contributed by atoms with Crippen LogP contribution in [0, 0.1) is 5.82 Å². The SMILES string of the molecule is CCOc1cc(Br)c(/C=C2\C(=O)NC(=O)N(c3cccc(F)c3)C2=O)cc1OCC. The molecule has 9 heteroatoms. The van der Waals surface area contributed by atoms with Crippen LogP contribution in [0.5, 0.6) is 11.5 Å². The highest BCUT2D eigenvalue weighted by Crippen LogP contribution is 2.35. The van der Waals surface area contributed by atoms with Crippen molar-refractivity contribution in [3.05, 3.63) is 57.8 Å². The molecular formula is C21H18BrFN2O5. The van der Waals surface area contributed by atoms with Gasteiger partial charge in [-0.25, -0.2) is 14.1 Å².